The summed E-state index contributed by atoms with van der Waals surface area (Å²) in [6.07, 6.45) is 6.57. The summed E-state index contributed by atoms with van der Waals surface area (Å²) in [6.45, 7) is 3.79. The van der Waals surface area contributed by atoms with Gasteiger partial charge in [0.1, 0.15) is 0 Å². The van der Waals surface area contributed by atoms with Crippen molar-refractivity contribution < 1.29 is 4.79 Å². The molecule has 1 N–H and O–H groups in total. The van der Waals surface area contributed by atoms with Crippen LogP contribution in [0.15, 0.2) is 79.1 Å². The number of nitrogens with one attached hydrogen (secondary N) is 1. The lowest BCUT2D eigenvalue weighted by molar-refractivity contribution is -0.122. The number of piperidine rings is 1. The zero-order chi connectivity index (χ0) is 21.5. The lowest BCUT2D eigenvalue weighted by Crippen LogP contribution is -2.44. The average molecular weight is 436 g/mol. The Balaban J connectivity index is 1.30. The van der Waals surface area contributed by atoms with E-state index in [1.54, 1.807) is 0 Å². The molecule has 0 aliphatic carbocycles. The van der Waals surface area contributed by atoms with Gasteiger partial charge in [-0.1, -0.05) is 54.1 Å². The van der Waals surface area contributed by atoms with Crippen LogP contribution < -0.4 is 5.32 Å². The van der Waals surface area contributed by atoms with Crippen molar-refractivity contribution in [3.05, 3.63) is 95.3 Å². The van der Waals surface area contributed by atoms with Crippen LogP contribution in [0, 0.1) is 0 Å². The van der Waals surface area contributed by atoms with E-state index in [-0.39, 0.29) is 17.9 Å². The molecule has 1 atom stereocenters. The number of nitrogens with zero attached hydrogens (tertiary/aromatic N) is 2. The van der Waals surface area contributed by atoms with E-state index in [2.05, 4.69) is 45.1 Å². The number of carbonyl (C=O) groups excluding carboxylic acids is 1. The summed E-state index contributed by atoms with van der Waals surface area (Å²) in [7, 11) is 0. The van der Waals surface area contributed by atoms with E-state index in [1.165, 1.54) is 5.56 Å². The van der Waals surface area contributed by atoms with Crippen molar-refractivity contribution in [3.63, 3.8) is 0 Å². The van der Waals surface area contributed by atoms with Gasteiger partial charge in [0, 0.05) is 62.0 Å². The highest BCUT2D eigenvalue weighted by molar-refractivity contribution is 6.30. The summed E-state index contributed by atoms with van der Waals surface area (Å²) in [6, 6.07) is 22.8. The van der Waals surface area contributed by atoms with E-state index in [9.17, 15) is 4.79 Å². The molecule has 162 valence electrons. The number of aromatic nitrogens is 1. The van der Waals surface area contributed by atoms with Gasteiger partial charge in [-0.15, -0.1) is 0 Å². The Morgan fingerprint density at radius 1 is 0.968 bits per heavy atom. The molecule has 0 unspecified atom stereocenters. The number of hydrogen-bond acceptors (Lipinski definition) is 2. The molecule has 1 aromatic heterocycles. The fraction of sp³-hybridized carbons (Fsp3) is 0.346. The summed E-state index contributed by atoms with van der Waals surface area (Å²) in [5.74, 6) is 0.247. The fourth-order valence-electron chi connectivity index (χ4n) is 4.36. The largest absolute Gasteiger partial charge is 0.354 e. The molecule has 0 saturated carbocycles. The molecule has 1 aliphatic rings. The number of hydrogen-bond donors (Lipinski definition) is 1. The monoisotopic (exact) mass is 435 g/mol. The molecule has 1 amide bonds. The Labute approximate surface area is 189 Å². The Morgan fingerprint density at radius 2 is 1.65 bits per heavy atom. The van der Waals surface area contributed by atoms with E-state index in [1.807, 2.05) is 48.8 Å². The van der Waals surface area contributed by atoms with Crippen molar-refractivity contribution in [2.45, 2.75) is 44.3 Å². The maximum Gasteiger partial charge on any atom is 0.220 e. The van der Waals surface area contributed by atoms with Gasteiger partial charge in [0.05, 0.1) is 0 Å². The fourth-order valence-corrected chi connectivity index (χ4v) is 4.48. The Hall–Kier alpha value is -2.56. The van der Waals surface area contributed by atoms with Crippen LogP contribution in [0.5, 0.6) is 0 Å². The molecule has 4 nitrogen and oxygen atoms in total. The van der Waals surface area contributed by atoms with Crippen molar-refractivity contribution >= 4 is 17.5 Å². The van der Waals surface area contributed by atoms with Gasteiger partial charge in [-0.2, -0.15) is 0 Å². The number of rotatable bonds is 8. The van der Waals surface area contributed by atoms with Crippen molar-refractivity contribution in [2.24, 2.45) is 0 Å². The third-order valence-corrected chi connectivity index (χ3v) is 6.32. The molecule has 0 radical (unpaired) electrons. The van der Waals surface area contributed by atoms with Crippen molar-refractivity contribution in [3.8, 4) is 0 Å². The quantitative estimate of drug-likeness (QED) is 0.534. The van der Waals surface area contributed by atoms with Crippen LogP contribution in [-0.2, 0) is 17.9 Å². The Morgan fingerprint density at radius 3 is 2.32 bits per heavy atom. The zero-order valence-electron chi connectivity index (χ0n) is 17.8. The summed E-state index contributed by atoms with van der Waals surface area (Å²) < 4.78 is 2.13. The molecule has 0 spiro atoms. The molecule has 5 heteroatoms. The molecular weight excluding hydrogens is 406 g/mol. The third-order valence-electron chi connectivity index (χ3n) is 6.07. The van der Waals surface area contributed by atoms with Crippen LogP contribution in [0.2, 0.25) is 5.02 Å². The smallest absolute Gasteiger partial charge is 0.220 e. The normalized spacial score (nSPS) is 16.2. The van der Waals surface area contributed by atoms with E-state index < -0.39 is 0 Å². The maximum absolute atomic E-state index is 12.9. The first kappa shape index (κ1) is 21.7. The predicted molar refractivity (Wildman–Crippen MR) is 126 cm³/mol. The standard InChI is InChI=1S/C26H30ClN3O/c27-24-10-8-22(9-11-24)23(20-29-14-4-5-15-29)18-26(31)28-25-12-16-30(17-13-25)19-21-6-2-1-3-7-21/h1-11,14-15,23,25H,12-13,16-20H2,(H,28,31)/t23-/m1/s1. The number of amides is 1. The molecule has 0 bridgehead atoms. The number of likely N-dealkylation sites (tertiary alicyclic amines) is 1. The van der Waals surface area contributed by atoms with E-state index in [0.717, 1.165) is 49.6 Å². The van der Waals surface area contributed by atoms with E-state index in [0.29, 0.717) is 6.42 Å². The van der Waals surface area contributed by atoms with Gasteiger partial charge in [-0.25, -0.2) is 0 Å². The van der Waals surface area contributed by atoms with E-state index >= 15 is 0 Å². The molecule has 1 saturated heterocycles. The van der Waals surface area contributed by atoms with Gasteiger partial charge in [-0.05, 0) is 48.2 Å². The Bertz CT molecular complexity index is 933. The number of carbonyl (C=O) groups is 1. The lowest BCUT2D eigenvalue weighted by atomic mass is 9.94. The maximum atomic E-state index is 12.9. The second kappa shape index (κ2) is 10.7. The number of benzene rings is 2. The third kappa shape index (κ3) is 6.46. The molecular formula is C26H30ClN3O. The van der Waals surface area contributed by atoms with Crippen molar-refractivity contribution in [2.75, 3.05) is 13.1 Å². The van der Waals surface area contributed by atoms with Gasteiger partial charge in [-0.3, -0.25) is 9.69 Å². The van der Waals surface area contributed by atoms with Gasteiger partial charge in [0.25, 0.3) is 0 Å². The summed E-state index contributed by atoms with van der Waals surface area (Å²) >= 11 is 6.07. The predicted octanol–water partition coefficient (Wildman–Crippen LogP) is 5.10. The first-order chi connectivity index (χ1) is 15.2. The highest BCUT2D eigenvalue weighted by Gasteiger charge is 2.23. The SMILES string of the molecule is O=C(C[C@H](Cn1cccc1)c1ccc(Cl)cc1)NC1CCN(Cc2ccccc2)CC1. The van der Waals surface area contributed by atoms with Gasteiger partial charge >= 0.3 is 0 Å². The van der Waals surface area contributed by atoms with Crippen molar-refractivity contribution in [1.82, 2.24) is 14.8 Å². The van der Waals surface area contributed by atoms with Crippen molar-refractivity contribution in [1.29, 1.82) is 0 Å². The molecule has 2 aromatic carbocycles. The topological polar surface area (TPSA) is 37.3 Å². The second-order valence-corrected chi connectivity index (χ2v) is 8.87. The van der Waals surface area contributed by atoms with Crippen LogP contribution in [0.4, 0.5) is 0 Å². The molecule has 3 aromatic rings. The first-order valence-electron chi connectivity index (χ1n) is 11.1. The summed E-state index contributed by atoms with van der Waals surface area (Å²) in [4.78, 5) is 15.4. The first-order valence-corrected chi connectivity index (χ1v) is 11.5. The molecule has 1 aliphatic heterocycles. The number of halogens is 1. The van der Waals surface area contributed by atoms with Crippen LogP contribution in [-0.4, -0.2) is 34.5 Å². The van der Waals surface area contributed by atoms with Crippen LogP contribution in [0.1, 0.15) is 36.3 Å². The van der Waals surface area contributed by atoms with Gasteiger partial charge < -0.3 is 9.88 Å². The molecule has 31 heavy (non-hydrogen) atoms. The van der Waals surface area contributed by atoms with E-state index in [4.69, 9.17) is 11.6 Å². The minimum absolute atomic E-state index is 0.114. The highest BCUT2D eigenvalue weighted by atomic mass is 35.5. The summed E-state index contributed by atoms with van der Waals surface area (Å²) in [5, 5.41) is 4.01. The minimum Gasteiger partial charge on any atom is -0.354 e. The van der Waals surface area contributed by atoms with Crippen LogP contribution in [0.3, 0.4) is 0 Å². The minimum atomic E-state index is 0.114. The lowest BCUT2D eigenvalue weighted by Gasteiger charge is -2.32. The zero-order valence-corrected chi connectivity index (χ0v) is 18.5. The Kier molecular flexibility index (Phi) is 7.44. The molecule has 4 rings (SSSR count). The second-order valence-electron chi connectivity index (χ2n) is 8.44. The molecule has 2 heterocycles. The van der Waals surface area contributed by atoms with Gasteiger partial charge in [0.2, 0.25) is 5.91 Å². The molecule has 1 fully saturated rings. The summed E-state index contributed by atoms with van der Waals surface area (Å²) in [5.41, 5.74) is 2.49. The van der Waals surface area contributed by atoms with Crippen LogP contribution >= 0.6 is 11.6 Å². The van der Waals surface area contributed by atoms with Gasteiger partial charge in [0.15, 0.2) is 0 Å². The average Bonchev–Trinajstić information content (AvgIpc) is 3.29. The highest BCUT2D eigenvalue weighted by Crippen LogP contribution is 2.24. The van der Waals surface area contributed by atoms with Crippen LogP contribution in [0.25, 0.3) is 0 Å².